The van der Waals surface area contributed by atoms with Crippen molar-refractivity contribution in [3.8, 4) is 0 Å². The normalized spacial score (nSPS) is 16.9. The molecule has 1 fully saturated rings. The third-order valence-electron chi connectivity index (χ3n) is 3.11. The number of hydrogen-bond donors (Lipinski definition) is 1. The molecule has 0 aromatic rings. The summed E-state index contributed by atoms with van der Waals surface area (Å²) in [5.41, 5.74) is 0. The number of carbonyl (C=O) groups excluding carboxylic acids is 1. The molecule has 4 heteroatoms. The van der Waals surface area contributed by atoms with Crippen LogP contribution in [0.25, 0.3) is 0 Å². The molecule has 0 saturated carbocycles. The summed E-state index contributed by atoms with van der Waals surface area (Å²) >= 11 is 0. The average Bonchev–Trinajstić information content (AvgIpc) is 2.61. The van der Waals surface area contributed by atoms with Crippen LogP contribution in [0.15, 0.2) is 0 Å². The molecule has 0 spiro atoms. The molecule has 1 heterocycles. The Hall–Kier alpha value is -0.610. The van der Waals surface area contributed by atoms with Crippen LogP contribution in [0.1, 0.15) is 39.5 Å². The van der Waals surface area contributed by atoms with E-state index in [1.807, 2.05) is 4.90 Å². The van der Waals surface area contributed by atoms with Gasteiger partial charge in [0.1, 0.15) is 0 Å². The zero-order chi connectivity index (χ0) is 13.2. The fourth-order valence-corrected chi connectivity index (χ4v) is 2.09. The highest BCUT2D eigenvalue weighted by Gasteiger charge is 2.14. The van der Waals surface area contributed by atoms with Crippen molar-refractivity contribution >= 4 is 5.91 Å². The summed E-state index contributed by atoms with van der Waals surface area (Å²) in [5.74, 6) is 0.810. The molecule has 0 aromatic heterocycles. The van der Waals surface area contributed by atoms with E-state index >= 15 is 0 Å². The zero-order valence-corrected chi connectivity index (χ0v) is 11.9. The van der Waals surface area contributed by atoms with Gasteiger partial charge in [-0.05, 0) is 18.8 Å². The highest BCUT2D eigenvalue weighted by molar-refractivity contribution is 5.78. The summed E-state index contributed by atoms with van der Waals surface area (Å²) in [6.45, 7) is 8.83. The lowest BCUT2D eigenvalue weighted by molar-refractivity contribution is -0.130. The Balaban J connectivity index is 2.02. The number of nitrogens with zero attached hydrogens (tertiary/aromatic N) is 1. The van der Waals surface area contributed by atoms with Crippen molar-refractivity contribution in [3.63, 3.8) is 0 Å². The lowest BCUT2D eigenvalue weighted by Crippen LogP contribution is -2.39. The molecule has 1 amide bonds. The molecule has 0 radical (unpaired) electrons. The lowest BCUT2D eigenvalue weighted by Gasteiger charge is -2.20. The van der Waals surface area contributed by atoms with Gasteiger partial charge in [0.15, 0.2) is 0 Å². The van der Waals surface area contributed by atoms with Gasteiger partial charge < -0.3 is 15.0 Å². The van der Waals surface area contributed by atoms with Crippen molar-refractivity contribution in [3.05, 3.63) is 0 Å². The highest BCUT2D eigenvalue weighted by Crippen LogP contribution is 2.09. The Morgan fingerprint density at radius 2 is 1.89 bits per heavy atom. The Labute approximate surface area is 111 Å². The van der Waals surface area contributed by atoms with Crippen LogP contribution in [0.3, 0.4) is 0 Å². The SMILES string of the molecule is CC(C)COCCNCC(=O)N1CCCCCC1. The third-order valence-corrected chi connectivity index (χ3v) is 3.11. The van der Waals surface area contributed by atoms with Crippen LogP contribution >= 0.6 is 0 Å². The summed E-state index contributed by atoms with van der Waals surface area (Å²) < 4.78 is 5.45. The van der Waals surface area contributed by atoms with E-state index in [1.54, 1.807) is 0 Å². The predicted molar refractivity (Wildman–Crippen MR) is 73.6 cm³/mol. The second-order valence-electron chi connectivity index (χ2n) is 5.44. The van der Waals surface area contributed by atoms with Gasteiger partial charge >= 0.3 is 0 Å². The van der Waals surface area contributed by atoms with Gasteiger partial charge in [-0.3, -0.25) is 4.79 Å². The van der Waals surface area contributed by atoms with E-state index in [0.29, 0.717) is 19.1 Å². The van der Waals surface area contributed by atoms with Crippen LogP contribution in [0.2, 0.25) is 0 Å². The van der Waals surface area contributed by atoms with E-state index in [-0.39, 0.29) is 5.91 Å². The molecule has 1 rings (SSSR count). The van der Waals surface area contributed by atoms with Crippen LogP contribution in [-0.2, 0) is 9.53 Å². The molecule has 0 atom stereocenters. The topological polar surface area (TPSA) is 41.6 Å². The molecule has 0 aromatic carbocycles. The number of ether oxygens (including phenoxy) is 1. The van der Waals surface area contributed by atoms with Gasteiger partial charge in [-0.1, -0.05) is 26.7 Å². The molecule has 4 nitrogen and oxygen atoms in total. The van der Waals surface area contributed by atoms with Crippen LogP contribution in [0.4, 0.5) is 0 Å². The molecular weight excluding hydrogens is 228 g/mol. The summed E-state index contributed by atoms with van der Waals surface area (Å²) in [5, 5.41) is 3.16. The monoisotopic (exact) mass is 256 g/mol. The summed E-state index contributed by atoms with van der Waals surface area (Å²) in [7, 11) is 0. The van der Waals surface area contributed by atoms with E-state index in [2.05, 4.69) is 19.2 Å². The zero-order valence-electron chi connectivity index (χ0n) is 11.9. The van der Waals surface area contributed by atoms with Gasteiger partial charge in [0.2, 0.25) is 5.91 Å². The van der Waals surface area contributed by atoms with Gasteiger partial charge in [-0.2, -0.15) is 0 Å². The standard InChI is InChI=1S/C14H28N2O2/c1-13(2)12-18-10-7-15-11-14(17)16-8-5-3-4-6-9-16/h13,15H,3-12H2,1-2H3. The van der Waals surface area contributed by atoms with Crippen LogP contribution in [-0.4, -0.2) is 50.2 Å². The number of nitrogens with one attached hydrogen (secondary N) is 1. The Morgan fingerprint density at radius 1 is 1.22 bits per heavy atom. The van der Waals surface area contributed by atoms with E-state index in [1.165, 1.54) is 12.8 Å². The van der Waals surface area contributed by atoms with E-state index in [0.717, 1.165) is 39.1 Å². The van der Waals surface area contributed by atoms with E-state index in [9.17, 15) is 4.79 Å². The van der Waals surface area contributed by atoms with Gasteiger partial charge in [-0.25, -0.2) is 0 Å². The highest BCUT2D eigenvalue weighted by atomic mass is 16.5. The first-order chi connectivity index (χ1) is 8.70. The van der Waals surface area contributed by atoms with Gasteiger partial charge in [-0.15, -0.1) is 0 Å². The maximum atomic E-state index is 11.9. The fraction of sp³-hybridized carbons (Fsp3) is 0.929. The number of hydrogen-bond acceptors (Lipinski definition) is 3. The summed E-state index contributed by atoms with van der Waals surface area (Å²) in [4.78, 5) is 13.9. The molecule has 0 unspecified atom stereocenters. The van der Waals surface area contributed by atoms with Crippen LogP contribution in [0.5, 0.6) is 0 Å². The van der Waals surface area contributed by atoms with Crippen molar-refractivity contribution in [2.24, 2.45) is 5.92 Å². The predicted octanol–water partition coefficient (Wildman–Crippen LogP) is 1.65. The van der Waals surface area contributed by atoms with Crippen molar-refractivity contribution in [2.75, 3.05) is 39.4 Å². The van der Waals surface area contributed by atoms with Crippen LogP contribution in [0, 0.1) is 5.92 Å². The Bertz CT molecular complexity index is 224. The first kappa shape index (κ1) is 15.4. The average molecular weight is 256 g/mol. The fourth-order valence-electron chi connectivity index (χ4n) is 2.09. The smallest absolute Gasteiger partial charge is 0.236 e. The molecule has 0 aliphatic carbocycles. The first-order valence-corrected chi connectivity index (χ1v) is 7.26. The number of amides is 1. The van der Waals surface area contributed by atoms with Gasteiger partial charge in [0.05, 0.1) is 13.2 Å². The Morgan fingerprint density at radius 3 is 2.50 bits per heavy atom. The number of likely N-dealkylation sites (tertiary alicyclic amines) is 1. The number of rotatable bonds is 7. The van der Waals surface area contributed by atoms with Crippen molar-refractivity contribution in [1.29, 1.82) is 0 Å². The van der Waals surface area contributed by atoms with Crippen molar-refractivity contribution in [2.45, 2.75) is 39.5 Å². The summed E-state index contributed by atoms with van der Waals surface area (Å²) in [6.07, 6.45) is 4.84. The van der Waals surface area contributed by atoms with E-state index < -0.39 is 0 Å². The van der Waals surface area contributed by atoms with Crippen molar-refractivity contribution in [1.82, 2.24) is 10.2 Å². The molecule has 106 valence electrons. The largest absolute Gasteiger partial charge is 0.380 e. The van der Waals surface area contributed by atoms with Gasteiger partial charge in [0, 0.05) is 26.2 Å². The number of carbonyl (C=O) groups is 1. The Kier molecular flexibility index (Phi) is 8.01. The molecule has 1 saturated heterocycles. The second kappa shape index (κ2) is 9.34. The lowest BCUT2D eigenvalue weighted by atomic mass is 10.2. The minimum absolute atomic E-state index is 0.237. The molecule has 0 bridgehead atoms. The van der Waals surface area contributed by atoms with Crippen molar-refractivity contribution < 1.29 is 9.53 Å². The molecule has 18 heavy (non-hydrogen) atoms. The van der Waals surface area contributed by atoms with Gasteiger partial charge in [0.25, 0.3) is 0 Å². The molecule has 1 aliphatic heterocycles. The first-order valence-electron chi connectivity index (χ1n) is 7.26. The second-order valence-corrected chi connectivity index (χ2v) is 5.44. The van der Waals surface area contributed by atoms with E-state index in [4.69, 9.17) is 4.74 Å². The third kappa shape index (κ3) is 6.97. The maximum Gasteiger partial charge on any atom is 0.236 e. The quantitative estimate of drug-likeness (QED) is 0.704. The van der Waals surface area contributed by atoms with Crippen LogP contribution < -0.4 is 5.32 Å². The minimum atomic E-state index is 0.237. The molecular formula is C14H28N2O2. The molecule has 1 aliphatic rings. The maximum absolute atomic E-state index is 11.9. The summed E-state index contributed by atoms with van der Waals surface area (Å²) in [6, 6.07) is 0. The minimum Gasteiger partial charge on any atom is -0.380 e. The molecule has 1 N–H and O–H groups in total.